The molecule has 0 atom stereocenters. The van der Waals surface area contributed by atoms with Crippen LogP contribution in [-0.2, 0) is 9.68 Å². The summed E-state index contributed by atoms with van der Waals surface area (Å²) in [6.45, 7) is 0. The lowest BCUT2D eigenvalue weighted by atomic mass is 9.98. The zero-order valence-electron chi connectivity index (χ0n) is 11.6. The van der Waals surface area contributed by atoms with E-state index in [1.54, 1.807) is 19.4 Å². The normalized spacial score (nSPS) is 22.1. The molecule has 1 fully saturated rings. The van der Waals surface area contributed by atoms with Crippen LogP contribution in [0.5, 0.6) is 0 Å². The SMILES string of the molecule is CON(OC)C1CCCCCCCCCCC1. The fraction of sp³-hybridized carbons (Fsp3) is 1.00. The third kappa shape index (κ3) is 6.39. The van der Waals surface area contributed by atoms with Crippen LogP contribution in [0.3, 0.4) is 0 Å². The Balaban J connectivity index is 2.36. The molecule has 1 rings (SSSR count). The van der Waals surface area contributed by atoms with E-state index in [9.17, 15) is 0 Å². The smallest absolute Gasteiger partial charge is 0.0628 e. The Morgan fingerprint density at radius 2 is 1.00 bits per heavy atom. The monoisotopic (exact) mass is 243 g/mol. The molecular weight excluding hydrogens is 214 g/mol. The van der Waals surface area contributed by atoms with Crippen molar-refractivity contribution in [1.29, 1.82) is 0 Å². The molecule has 0 unspecified atom stereocenters. The number of rotatable bonds is 3. The van der Waals surface area contributed by atoms with Gasteiger partial charge in [0, 0.05) is 0 Å². The maximum atomic E-state index is 5.27. The van der Waals surface area contributed by atoms with Gasteiger partial charge in [-0.3, -0.25) is 9.68 Å². The second-order valence-corrected chi connectivity index (χ2v) is 5.06. The molecule has 0 aromatic carbocycles. The molecule has 0 heterocycles. The second kappa shape index (κ2) is 9.86. The molecule has 0 bridgehead atoms. The molecule has 3 nitrogen and oxygen atoms in total. The van der Waals surface area contributed by atoms with Crippen molar-refractivity contribution in [1.82, 2.24) is 5.23 Å². The summed E-state index contributed by atoms with van der Waals surface area (Å²) in [5, 5.41) is 1.69. The van der Waals surface area contributed by atoms with Crippen LogP contribution >= 0.6 is 0 Å². The first kappa shape index (κ1) is 14.9. The van der Waals surface area contributed by atoms with Gasteiger partial charge in [-0.1, -0.05) is 63.0 Å². The van der Waals surface area contributed by atoms with Gasteiger partial charge in [-0.05, 0) is 12.8 Å². The number of hydrogen-bond acceptors (Lipinski definition) is 3. The first-order valence-corrected chi connectivity index (χ1v) is 7.26. The van der Waals surface area contributed by atoms with Crippen LogP contribution in [0.25, 0.3) is 0 Å². The number of hydroxylamine groups is 2. The van der Waals surface area contributed by atoms with E-state index in [0.29, 0.717) is 6.04 Å². The fourth-order valence-corrected chi connectivity index (χ4v) is 2.73. The largest absolute Gasteiger partial charge is 0.277 e. The summed E-state index contributed by atoms with van der Waals surface area (Å²) in [6.07, 6.45) is 14.8. The minimum Gasteiger partial charge on any atom is -0.277 e. The molecule has 0 aromatic rings. The van der Waals surface area contributed by atoms with Gasteiger partial charge in [-0.2, -0.15) is 0 Å². The van der Waals surface area contributed by atoms with Crippen LogP contribution in [0.15, 0.2) is 0 Å². The Morgan fingerprint density at radius 3 is 1.35 bits per heavy atom. The minimum atomic E-state index is 0.435. The molecule has 0 aromatic heterocycles. The summed E-state index contributed by atoms with van der Waals surface area (Å²) in [6, 6.07) is 0.435. The topological polar surface area (TPSA) is 21.7 Å². The van der Waals surface area contributed by atoms with Gasteiger partial charge in [0.25, 0.3) is 0 Å². The summed E-state index contributed by atoms with van der Waals surface area (Å²) < 4.78 is 0. The lowest BCUT2D eigenvalue weighted by molar-refractivity contribution is -0.366. The van der Waals surface area contributed by atoms with E-state index < -0.39 is 0 Å². The minimum absolute atomic E-state index is 0.435. The van der Waals surface area contributed by atoms with E-state index in [-0.39, 0.29) is 0 Å². The lowest BCUT2D eigenvalue weighted by Crippen LogP contribution is -2.33. The van der Waals surface area contributed by atoms with Crippen molar-refractivity contribution in [2.24, 2.45) is 0 Å². The Kier molecular flexibility index (Phi) is 8.67. The van der Waals surface area contributed by atoms with Gasteiger partial charge in [0.05, 0.1) is 20.3 Å². The van der Waals surface area contributed by atoms with Gasteiger partial charge < -0.3 is 0 Å². The molecule has 0 saturated heterocycles. The number of nitrogens with zero attached hydrogens (tertiary/aromatic N) is 1. The molecule has 17 heavy (non-hydrogen) atoms. The molecule has 0 N–H and O–H groups in total. The van der Waals surface area contributed by atoms with Gasteiger partial charge >= 0.3 is 0 Å². The Labute approximate surface area is 106 Å². The van der Waals surface area contributed by atoms with Crippen LogP contribution in [0.1, 0.15) is 70.6 Å². The molecule has 1 aliphatic carbocycles. The molecular formula is C14H29NO2. The van der Waals surface area contributed by atoms with Crippen LogP contribution < -0.4 is 0 Å². The average molecular weight is 243 g/mol. The lowest BCUT2D eigenvalue weighted by Gasteiger charge is -2.27. The van der Waals surface area contributed by atoms with Gasteiger partial charge in [0.15, 0.2) is 0 Å². The van der Waals surface area contributed by atoms with Crippen molar-refractivity contribution in [3.63, 3.8) is 0 Å². The van der Waals surface area contributed by atoms with Crippen molar-refractivity contribution in [3.8, 4) is 0 Å². The molecule has 0 amide bonds. The number of hydrogen-bond donors (Lipinski definition) is 0. The fourth-order valence-electron chi connectivity index (χ4n) is 2.73. The van der Waals surface area contributed by atoms with E-state index in [0.717, 1.165) is 0 Å². The van der Waals surface area contributed by atoms with E-state index in [4.69, 9.17) is 9.68 Å². The zero-order valence-corrected chi connectivity index (χ0v) is 11.6. The Bertz CT molecular complexity index is 160. The van der Waals surface area contributed by atoms with Gasteiger partial charge in [0.1, 0.15) is 0 Å². The molecule has 3 heteroatoms. The zero-order chi connectivity index (χ0) is 12.3. The summed E-state index contributed by atoms with van der Waals surface area (Å²) in [7, 11) is 3.39. The molecule has 102 valence electrons. The highest BCUT2D eigenvalue weighted by Crippen LogP contribution is 2.20. The van der Waals surface area contributed by atoms with E-state index >= 15 is 0 Å². The first-order chi connectivity index (χ1) is 8.38. The highest BCUT2D eigenvalue weighted by molar-refractivity contribution is 4.64. The van der Waals surface area contributed by atoms with Gasteiger partial charge in [-0.25, -0.2) is 0 Å². The molecule has 0 aliphatic heterocycles. The third-order valence-electron chi connectivity index (χ3n) is 3.73. The quantitative estimate of drug-likeness (QED) is 0.697. The van der Waals surface area contributed by atoms with Crippen molar-refractivity contribution in [3.05, 3.63) is 0 Å². The van der Waals surface area contributed by atoms with E-state index in [2.05, 4.69) is 0 Å². The Morgan fingerprint density at radius 1 is 0.647 bits per heavy atom. The van der Waals surface area contributed by atoms with Crippen LogP contribution in [0.4, 0.5) is 0 Å². The summed E-state index contributed by atoms with van der Waals surface area (Å²) in [4.78, 5) is 10.5. The van der Waals surface area contributed by atoms with Crippen LogP contribution in [0.2, 0.25) is 0 Å². The molecule has 1 aliphatic rings. The van der Waals surface area contributed by atoms with Gasteiger partial charge in [0.2, 0.25) is 0 Å². The Hall–Kier alpha value is -0.120. The van der Waals surface area contributed by atoms with Crippen LogP contribution in [-0.4, -0.2) is 25.5 Å². The predicted molar refractivity (Wildman–Crippen MR) is 70.4 cm³/mol. The third-order valence-corrected chi connectivity index (χ3v) is 3.73. The summed E-state index contributed by atoms with van der Waals surface area (Å²) in [5.41, 5.74) is 0. The average Bonchev–Trinajstić information content (AvgIpc) is 2.33. The molecule has 0 spiro atoms. The first-order valence-electron chi connectivity index (χ1n) is 7.26. The van der Waals surface area contributed by atoms with Crippen molar-refractivity contribution in [2.45, 2.75) is 76.7 Å². The second-order valence-electron chi connectivity index (χ2n) is 5.06. The van der Waals surface area contributed by atoms with Crippen LogP contribution in [0, 0.1) is 0 Å². The predicted octanol–water partition coefficient (Wildman–Crippen LogP) is 4.08. The van der Waals surface area contributed by atoms with Crippen molar-refractivity contribution < 1.29 is 9.68 Å². The van der Waals surface area contributed by atoms with Crippen molar-refractivity contribution >= 4 is 0 Å². The molecule has 1 saturated carbocycles. The standard InChI is InChI=1S/C14H29NO2/c1-16-15(17-2)14-12-10-8-6-4-3-5-7-9-11-13-14/h14H,3-13H2,1-2H3. The van der Waals surface area contributed by atoms with E-state index in [1.165, 1.54) is 70.6 Å². The molecule has 0 radical (unpaired) electrons. The summed E-state index contributed by atoms with van der Waals surface area (Å²) >= 11 is 0. The summed E-state index contributed by atoms with van der Waals surface area (Å²) in [5.74, 6) is 0. The highest BCUT2D eigenvalue weighted by atomic mass is 16.9. The van der Waals surface area contributed by atoms with E-state index in [1.807, 2.05) is 0 Å². The maximum absolute atomic E-state index is 5.27. The maximum Gasteiger partial charge on any atom is 0.0628 e. The van der Waals surface area contributed by atoms with Crippen molar-refractivity contribution in [2.75, 3.05) is 14.2 Å². The van der Waals surface area contributed by atoms with Gasteiger partial charge in [-0.15, -0.1) is 0 Å². The highest BCUT2D eigenvalue weighted by Gasteiger charge is 2.18.